The topological polar surface area (TPSA) is 85.2 Å². The van der Waals surface area contributed by atoms with E-state index in [4.69, 9.17) is 19.3 Å². The minimum atomic E-state index is -1.08. The number of hydrogen-bond acceptors (Lipinski definition) is 5. The molecule has 0 saturated carbocycles. The number of carbonyl (C=O) groups is 1. The summed E-state index contributed by atoms with van der Waals surface area (Å²) in [7, 11) is 2.79. The summed E-state index contributed by atoms with van der Waals surface area (Å²) in [4.78, 5) is 10.6. The first-order chi connectivity index (χ1) is 12.4. The number of rotatable bonds is 9. The third-order valence-electron chi connectivity index (χ3n) is 3.80. The third kappa shape index (κ3) is 5.10. The molecule has 0 radical (unpaired) electrons. The van der Waals surface area contributed by atoms with Gasteiger partial charge in [0.05, 0.1) is 20.3 Å². The van der Waals surface area contributed by atoms with Gasteiger partial charge in [-0.3, -0.25) is 0 Å². The molecule has 2 N–H and O–H groups in total. The van der Waals surface area contributed by atoms with Crippen LogP contribution in [0.3, 0.4) is 0 Å². The standard InChI is InChI=1S/C19H21FO6/c1-24-17-9-12(8-15(20)19(17)25-2)6-7-16(21)13-4-3-5-14(10-13)26-11-18(22)23/h3-5,8-10,16,21H,6-7,11H2,1-2H3,(H,22,23)/t16-/m1/s1. The predicted octanol–water partition coefficient (Wildman–Crippen LogP) is 2.97. The molecule has 0 amide bonds. The van der Waals surface area contributed by atoms with Gasteiger partial charge < -0.3 is 24.4 Å². The van der Waals surface area contributed by atoms with Crippen molar-refractivity contribution in [3.05, 3.63) is 53.3 Å². The first-order valence-electron chi connectivity index (χ1n) is 7.97. The molecule has 0 aromatic heterocycles. The van der Waals surface area contributed by atoms with E-state index in [9.17, 15) is 14.3 Å². The number of aliphatic hydroxyl groups is 1. The largest absolute Gasteiger partial charge is 0.493 e. The normalized spacial score (nSPS) is 11.7. The molecule has 2 aromatic rings. The fraction of sp³-hybridized carbons (Fsp3) is 0.316. The summed E-state index contributed by atoms with van der Waals surface area (Å²) in [5, 5.41) is 19.0. The smallest absolute Gasteiger partial charge is 0.341 e. The van der Waals surface area contributed by atoms with Gasteiger partial charge in [-0.25, -0.2) is 9.18 Å². The molecule has 0 heterocycles. The van der Waals surface area contributed by atoms with Gasteiger partial charge in [0.2, 0.25) is 0 Å². The maximum Gasteiger partial charge on any atom is 0.341 e. The lowest BCUT2D eigenvalue weighted by molar-refractivity contribution is -0.139. The highest BCUT2D eigenvalue weighted by Crippen LogP contribution is 2.32. The highest BCUT2D eigenvalue weighted by Gasteiger charge is 2.14. The Kier molecular flexibility index (Phi) is 6.80. The summed E-state index contributed by atoms with van der Waals surface area (Å²) >= 11 is 0. The average Bonchev–Trinajstić information content (AvgIpc) is 2.64. The lowest BCUT2D eigenvalue weighted by atomic mass is 10.0. The van der Waals surface area contributed by atoms with Gasteiger partial charge in [0.25, 0.3) is 0 Å². The van der Waals surface area contributed by atoms with Crippen LogP contribution < -0.4 is 14.2 Å². The molecular formula is C19H21FO6. The number of ether oxygens (including phenoxy) is 3. The Hall–Kier alpha value is -2.80. The summed E-state index contributed by atoms with van der Waals surface area (Å²) in [5.74, 6) is -0.908. The van der Waals surface area contributed by atoms with E-state index in [0.29, 0.717) is 35.5 Å². The molecule has 0 fully saturated rings. The number of aryl methyl sites for hydroxylation is 1. The summed E-state index contributed by atoms with van der Waals surface area (Å²) in [5.41, 5.74) is 1.26. The Labute approximate surface area is 150 Å². The van der Waals surface area contributed by atoms with Gasteiger partial charge in [0.1, 0.15) is 5.75 Å². The molecular weight excluding hydrogens is 343 g/mol. The van der Waals surface area contributed by atoms with Crippen molar-refractivity contribution in [2.75, 3.05) is 20.8 Å². The molecule has 7 heteroatoms. The van der Waals surface area contributed by atoms with E-state index in [2.05, 4.69) is 0 Å². The second-order valence-electron chi connectivity index (χ2n) is 5.62. The Morgan fingerprint density at radius 3 is 2.62 bits per heavy atom. The van der Waals surface area contributed by atoms with Crippen LogP contribution in [-0.2, 0) is 11.2 Å². The molecule has 0 aliphatic rings. The minimum absolute atomic E-state index is 0.0417. The van der Waals surface area contributed by atoms with Gasteiger partial charge in [-0.15, -0.1) is 0 Å². The van der Waals surface area contributed by atoms with Crippen molar-refractivity contribution in [1.82, 2.24) is 0 Å². The van der Waals surface area contributed by atoms with Crippen molar-refractivity contribution in [3.8, 4) is 17.2 Å². The summed E-state index contributed by atoms with van der Waals surface area (Å²) in [6.45, 7) is -0.454. The molecule has 0 aliphatic carbocycles. The maximum atomic E-state index is 14.0. The number of benzene rings is 2. The molecule has 0 aliphatic heterocycles. The van der Waals surface area contributed by atoms with Crippen LogP contribution in [0.2, 0.25) is 0 Å². The first kappa shape index (κ1) is 19.5. The molecule has 1 atom stereocenters. The number of carboxylic acid groups (broad SMARTS) is 1. The zero-order valence-corrected chi connectivity index (χ0v) is 14.6. The van der Waals surface area contributed by atoms with Crippen molar-refractivity contribution < 1.29 is 33.6 Å². The van der Waals surface area contributed by atoms with E-state index in [-0.39, 0.29) is 5.75 Å². The highest BCUT2D eigenvalue weighted by molar-refractivity contribution is 5.68. The van der Waals surface area contributed by atoms with Crippen molar-refractivity contribution in [1.29, 1.82) is 0 Å². The summed E-state index contributed by atoms with van der Waals surface area (Å²) in [6, 6.07) is 9.60. The molecule has 26 heavy (non-hydrogen) atoms. The van der Waals surface area contributed by atoms with Crippen molar-refractivity contribution in [2.45, 2.75) is 18.9 Å². The first-order valence-corrected chi connectivity index (χ1v) is 7.97. The molecule has 0 saturated heterocycles. The van der Waals surface area contributed by atoms with Crippen molar-refractivity contribution in [3.63, 3.8) is 0 Å². The number of aliphatic carboxylic acids is 1. The average molecular weight is 364 g/mol. The Morgan fingerprint density at radius 2 is 1.96 bits per heavy atom. The molecule has 0 unspecified atom stereocenters. The van der Waals surface area contributed by atoms with Crippen LogP contribution in [0.1, 0.15) is 23.7 Å². The van der Waals surface area contributed by atoms with Crippen LogP contribution in [0.4, 0.5) is 4.39 Å². The van der Waals surface area contributed by atoms with Crippen LogP contribution in [0.25, 0.3) is 0 Å². The van der Waals surface area contributed by atoms with E-state index in [1.54, 1.807) is 30.3 Å². The Bertz CT molecular complexity index is 762. The van der Waals surface area contributed by atoms with Gasteiger partial charge in [0, 0.05) is 0 Å². The fourth-order valence-corrected chi connectivity index (χ4v) is 2.54. The molecule has 2 aromatic carbocycles. The number of aliphatic hydroxyl groups excluding tert-OH is 1. The Morgan fingerprint density at radius 1 is 1.19 bits per heavy atom. The zero-order valence-electron chi connectivity index (χ0n) is 14.6. The number of methoxy groups -OCH3 is 2. The second-order valence-corrected chi connectivity index (χ2v) is 5.62. The minimum Gasteiger partial charge on any atom is -0.493 e. The molecule has 0 spiro atoms. The monoisotopic (exact) mass is 364 g/mol. The number of hydrogen-bond donors (Lipinski definition) is 2. The summed E-state index contributed by atoms with van der Waals surface area (Å²) in [6.07, 6.45) is -0.0461. The predicted molar refractivity (Wildman–Crippen MR) is 92.4 cm³/mol. The number of carboxylic acids is 1. The van der Waals surface area contributed by atoms with Gasteiger partial charge in [-0.05, 0) is 48.2 Å². The van der Waals surface area contributed by atoms with Crippen LogP contribution in [0.15, 0.2) is 36.4 Å². The summed E-state index contributed by atoms with van der Waals surface area (Å²) < 4.78 is 29.2. The van der Waals surface area contributed by atoms with E-state index in [1.807, 2.05) is 0 Å². The highest BCUT2D eigenvalue weighted by atomic mass is 19.1. The third-order valence-corrected chi connectivity index (χ3v) is 3.80. The second kappa shape index (κ2) is 9.05. The molecule has 2 rings (SSSR count). The Balaban J connectivity index is 2.04. The van der Waals surface area contributed by atoms with Crippen LogP contribution in [-0.4, -0.2) is 37.0 Å². The molecule has 140 valence electrons. The zero-order chi connectivity index (χ0) is 19.1. The fourth-order valence-electron chi connectivity index (χ4n) is 2.54. The lowest BCUT2D eigenvalue weighted by Gasteiger charge is -2.14. The van der Waals surface area contributed by atoms with Crippen LogP contribution in [0, 0.1) is 5.82 Å². The van der Waals surface area contributed by atoms with E-state index >= 15 is 0 Å². The molecule has 6 nitrogen and oxygen atoms in total. The van der Waals surface area contributed by atoms with Gasteiger partial charge in [-0.1, -0.05) is 12.1 Å². The van der Waals surface area contributed by atoms with Crippen LogP contribution >= 0.6 is 0 Å². The van der Waals surface area contributed by atoms with E-state index < -0.39 is 24.5 Å². The maximum absolute atomic E-state index is 14.0. The van der Waals surface area contributed by atoms with Crippen LogP contribution in [0.5, 0.6) is 17.2 Å². The number of halogens is 1. The van der Waals surface area contributed by atoms with E-state index in [1.165, 1.54) is 20.3 Å². The van der Waals surface area contributed by atoms with E-state index in [0.717, 1.165) is 0 Å². The van der Waals surface area contributed by atoms with Crippen molar-refractivity contribution in [2.24, 2.45) is 0 Å². The quantitative estimate of drug-likeness (QED) is 0.712. The van der Waals surface area contributed by atoms with Gasteiger partial charge in [0.15, 0.2) is 23.9 Å². The van der Waals surface area contributed by atoms with Gasteiger partial charge in [-0.2, -0.15) is 0 Å². The molecule has 0 bridgehead atoms. The SMILES string of the molecule is COc1cc(CC[C@@H](O)c2cccc(OCC(=O)O)c2)cc(F)c1OC. The van der Waals surface area contributed by atoms with Gasteiger partial charge >= 0.3 is 5.97 Å². The van der Waals surface area contributed by atoms with Crippen molar-refractivity contribution >= 4 is 5.97 Å². The lowest BCUT2D eigenvalue weighted by Crippen LogP contribution is -2.09.